The highest BCUT2D eigenvalue weighted by atomic mass is 19.1. The molecule has 12 heavy (non-hydrogen) atoms. The first-order valence-corrected chi connectivity index (χ1v) is 4.04. The molecule has 0 spiro atoms. The van der Waals surface area contributed by atoms with Crippen molar-refractivity contribution in [3.63, 3.8) is 0 Å². The number of pyridine rings is 1. The summed E-state index contributed by atoms with van der Waals surface area (Å²) in [5.74, 6) is -0.176. The smallest absolute Gasteiger partial charge is 0.148 e. The van der Waals surface area contributed by atoms with Gasteiger partial charge in [0.2, 0.25) is 0 Å². The molecule has 0 atom stereocenters. The van der Waals surface area contributed by atoms with Crippen LogP contribution in [-0.2, 0) is 5.41 Å². The van der Waals surface area contributed by atoms with E-state index in [-0.39, 0.29) is 11.2 Å². The molecule has 0 aliphatic rings. The van der Waals surface area contributed by atoms with E-state index in [0.29, 0.717) is 5.69 Å². The fourth-order valence-electron chi connectivity index (χ4n) is 1.13. The quantitative estimate of drug-likeness (QED) is 0.579. The Kier molecular flexibility index (Phi) is 2.18. The molecular formula is C10H14FN. The van der Waals surface area contributed by atoms with Crippen molar-refractivity contribution in [3.8, 4) is 0 Å². The summed E-state index contributed by atoms with van der Waals surface area (Å²) in [7, 11) is 0. The summed E-state index contributed by atoms with van der Waals surface area (Å²) in [6.45, 7) is 7.66. The largest absolute Gasteiger partial charge is 0.259 e. The summed E-state index contributed by atoms with van der Waals surface area (Å²) in [6, 6.07) is 1.74. The Labute approximate surface area is 72.6 Å². The molecule has 0 aromatic carbocycles. The lowest BCUT2D eigenvalue weighted by atomic mass is 9.87. The molecular weight excluding hydrogens is 153 g/mol. The van der Waals surface area contributed by atoms with E-state index in [1.54, 1.807) is 19.2 Å². The van der Waals surface area contributed by atoms with Gasteiger partial charge in [0.15, 0.2) is 0 Å². The number of hydrogen-bond donors (Lipinski definition) is 0. The topological polar surface area (TPSA) is 12.9 Å². The van der Waals surface area contributed by atoms with Gasteiger partial charge in [0.05, 0.1) is 5.69 Å². The predicted molar refractivity (Wildman–Crippen MR) is 47.6 cm³/mol. The highest BCUT2D eigenvalue weighted by Gasteiger charge is 2.19. The molecule has 1 rings (SSSR count). The van der Waals surface area contributed by atoms with Crippen molar-refractivity contribution in [1.82, 2.24) is 4.98 Å². The van der Waals surface area contributed by atoms with E-state index < -0.39 is 0 Å². The third-order valence-electron chi connectivity index (χ3n) is 1.87. The van der Waals surface area contributed by atoms with E-state index in [1.807, 2.05) is 20.8 Å². The minimum Gasteiger partial charge on any atom is -0.259 e. The highest BCUT2D eigenvalue weighted by molar-refractivity contribution is 5.25. The van der Waals surface area contributed by atoms with Crippen LogP contribution in [0.2, 0.25) is 0 Å². The summed E-state index contributed by atoms with van der Waals surface area (Å²) in [5.41, 5.74) is 1.06. The van der Waals surface area contributed by atoms with Gasteiger partial charge in [-0.1, -0.05) is 20.8 Å². The number of nitrogens with zero attached hydrogens (tertiary/aromatic N) is 1. The lowest BCUT2D eigenvalue weighted by molar-refractivity contribution is 0.513. The van der Waals surface area contributed by atoms with Crippen LogP contribution in [-0.4, -0.2) is 4.98 Å². The van der Waals surface area contributed by atoms with E-state index in [4.69, 9.17) is 0 Å². The maximum absolute atomic E-state index is 13.4. The van der Waals surface area contributed by atoms with E-state index in [1.165, 1.54) is 0 Å². The van der Waals surface area contributed by atoms with Crippen LogP contribution in [0.1, 0.15) is 32.0 Å². The van der Waals surface area contributed by atoms with Crippen molar-refractivity contribution in [2.45, 2.75) is 33.1 Å². The van der Waals surface area contributed by atoms with Crippen molar-refractivity contribution in [3.05, 3.63) is 29.3 Å². The summed E-state index contributed by atoms with van der Waals surface area (Å²) in [4.78, 5) is 3.88. The van der Waals surface area contributed by atoms with Crippen LogP contribution in [0.5, 0.6) is 0 Å². The average molecular weight is 167 g/mol. The van der Waals surface area contributed by atoms with Gasteiger partial charge in [-0.05, 0) is 24.0 Å². The molecule has 0 radical (unpaired) electrons. The van der Waals surface area contributed by atoms with Crippen LogP contribution in [0.25, 0.3) is 0 Å². The van der Waals surface area contributed by atoms with Gasteiger partial charge in [0.1, 0.15) is 5.82 Å². The van der Waals surface area contributed by atoms with Gasteiger partial charge >= 0.3 is 0 Å². The van der Waals surface area contributed by atoms with Gasteiger partial charge in [0, 0.05) is 6.20 Å². The van der Waals surface area contributed by atoms with Crippen molar-refractivity contribution in [2.24, 2.45) is 0 Å². The van der Waals surface area contributed by atoms with Crippen LogP contribution in [0, 0.1) is 12.7 Å². The molecule has 0 saturated heterocycles. The van der Waals surface area contributed by atoms with E-state index >= 15 is 0 Å². The average Bonchev–Trinajstić information content (AvgIpc) is 1.92. The molecule has 1 nitrogen and oxygen atoms in total. The third-order valence-corrected chi connectivity index (χ3v) is 1.87. The zero-order valence-corrected chi connectivity index (χ0v) is 7.98. The number of aryl methyl sites for hydroxylation is 1. The molecule has 0 saturated carbocycles. The Morgan fingerprint density at radius 3 is 2.33 bits per heavy atom. The molecule has 1 aromatic rings. The fraction of sp³-hybridized carbons (Fsp3) is 0.500. The standard InChI is InChI=1S/C10H14FN/c1-7-9(11)8(5-6-12-7)10(2,3)4/h5-6H,1-4H3. The molecule has 0 N–H and O–H groups in total. The molecule has 1 heterocycles. The molecule has 1 aromatic heterocycles. The monoisotopic (exact) mass is 167 g/mol. The Hall–Kier alpha value is -0.920. The molecule has 2 heteroatoms. The number of rotatable bonds is 0. The van der Waals surface area contributed by atoms with Gasteiger partial charge < -0.3 is 0 Å². The van der Waals surface area contributed by atoms with Crippen molar-refractivity contribution >= 4 is 0 Å². The molecule has 0 amide bonds. The number of halogens is 1. The van der Waals surface area contributed by atoms with Crippen LogP contribution >= 0.6 is 0 Å². The first-order chi connectivity index (χ1) is 5.43. The molecule has 0 bridgehead atoms. The zero-order valence-electron chi connectivity index (χ0n) is 7.98. The van der Waals surface area contributed by atoms with Gasteiger partial charge in [-0.25, -0.2) is 4.39 Å². The predicted octanol–water partition coefficient (Wildman–Crippen LogP) is 2.83. The van der Waals surface area contributed by atoms with Gasteiger partial charge in [-0.3, -0.25) is 4.98 Å². The second kappa shape index (κ2) is 2.85. The lowest BCUT2D eigenvalue weighted by Crippen LogP contribution is -2.14. The SMILES string of the molecule is Cc1nccc(C(C)(C)C)c1F. The summed E-state index contributed by atoms with van der Waals surface area (Å²) in [6.07, 6.45) is 1.65. The first-order valence-electron chi connectivity index (χ1n) is 4.04. The van der Waals surface area contributed by atoms with Crippen molar-refractivity contribution < 1.29 is 4.39 Å². The molecule has 0 fully saturated rings. The molecule has 66 valence electrons. The van der Waals surface area contributed by atoms with Gasteiger partial charge in [-0.15, -0.1) is 0 Å². The summed E-state index contributed by atoms with van der Waals surface area (Å²) >= 11 is 0. The normalized spacial score (nSPS) is 11.8. The fourth-order valence-corrected chi connectivity index (χ4v) is 1.13. The molecule has 0 aliphatic heterocycles. The van der Waals surface area contributed by atoms with Crippen LogP contribution in [0.3, 0.4) is 0 Å². The van der Waals surface area contributed by atoms with Crippen molar-refractivity contribution in [2.75, 3.05) is 0 Å². The second-order valence-corrected chi connectivity index (χ2v) is 4.01. The zero-order chi connectivity index (χ0) is 9.35. The summed E-state index contributed by atoms with van der Waals surface area (Å²) < 4.78 is 13.4. The lowest BCUT2D eigenvalue weighted by Gasteiger charge is -2.19. The Morgan fingerprint density at radius 1 is 1.33 bits per heavy atom. The number of hydrogen-bond acceptors (Lipinski definition) is 1. The number of aromatic nitrogens is 1. The summed E-state index contributed by atoms with van der Waals surface area (Å²) in [5, 5.41) is 0. The van der Waals surface area contributed by atoms with Gasteiger partial charge in [0.25, 0.3) is 0 Å². The van der Waals surface area contributed by atoms with Crippen LogP contribution in [0.15, 0.2) is 12.3 Å². The van der Waals surface area contributed by atoms with Crippen LogP contribution < -0.4 is 0 Å². The van der Waals surface area contributed by atoms with Crippen molar-refractivity contribution in [1.29, 1.82) is 0 Å². The van der Waals surface area contributed by atoms with E-state index in [2.05, 4.69) is 4.98 Å². The highest BCUT2D eigenvalue weighted by Crippen LogP contribution is 2.25. The second-order valence-electron chi connectivity index (χ2n) is 4.01. The maximum Gasteiger partial charge on any atom is 0.148 e. The Balaban J connectivity index is 3.26. The minimum atomic E-state index is -0.176. The first kappa shape index (κ1) is 9.17. The third kappa shape index (κ3) is 1.63. The Morgan fingerprint density at radius 2 is 1.92 bits per heavy atom. The van der Waals surface area contributed by atoms with E-state index in [0.717, 1.165) is 5.56 Å². The minimum absolute atomic E-state index is 0.141. The van der Waals surface area contributed by atoms with Gasteiger partial charge in [-0.2, -0.15) is 0 Å². The maximum atomic E-state index is 13.4. The Bertz CT molecular complexity index is 286. The molecule has 0 aliphatic carbocycles. The van der Waals surface area contributed by atoms with E-state index in [9.17, 15) is 4.39 Å². The molecule has 0 unspecified atom stereocenters. The van der Waals surface area contributed by atoms with Crippen LogP contribution in [0.4, 0.5) is 4.39 Å².